The van der Waals surface area contributed by atoms with Crippen molar-refractivity contribution in [2.45, 2.75) is 45.8 Å². The average Bonchev–Trinajstić information content (AvgIpc) is 2.61. The number of aryl methyl sites for hydroxylation is 1. The molecule has 0 saturated carbocycles. The first-order valence-corrected chi connectivity index (χ1v) is 9.28. The fraction of sp³-hybridized carbons (Fsp3) is 0.684. The average molecular weight is 345 g/mol. The topological polar surface area (TPSA) is 71.6 Å². The first kappa shape index (κ1) is 18.1. The van der Waals surface area contributed by atoms with Gasteiger partial charge in [0.15, 0.2) is 0 Å². The van der Waals surface area contributed by atoms with Crippen molar-refractivity contribution in [1.82, 2.24) is 4.98 Å². The Morgan fingerprint density at radius 1 is 1.28 bits per heavy atom. The van der Waals surface area contributed by atoms with Crippen LogP contribution in [0.5, 0.6) is 0 Å². The third-order valence-corrected chi connectivity index (χ3v) is 5.13. The zero-order chi connectivity index (χ0) is 17.9. The van der Waals surface area contributed by atoms with Crippen LogP contribution in [0.3, 0.4) is 0 Å². The maximum atomic E-state index is 9.76. The zero-order valence-electron chi connectivity index (χ0n) is 15.6. The van der Waals surface area contributed by atoms with E-state index in [4.69, 9.17) is 14.5 Å². The quantitative estimate of drug-likeness (QED) is 0.822. The monoisotopic (exact) mass is 345 g/mol. The number of aromatic nitrogens is 1. The number of morpholine rings is 1. The van der Waals surface area contributed by atoms with E-state index in [1.807, 2.05) is 0 Å². The third-order valence-electron chi connectivity index (χ3n) is 5.13. The summed E-state index contributed by atoms with van der Waals surface area (Å²) in [6.07, 6.45) is 1.60. The van der Waals surface area contributed by atoms with E-state index in [0.717, 1.165) is 74.9 Å². The van der Waals surface area contributed by atoms with Crippen molar-refractivity contribution in [2.75, 3.05) is 44.7 Å². The molecule has 0 aliphatic carbocycles. The summed E-state index contributed by atoms with van der Waals surface area (Å²) < 4.78 is 11.4. The van der Waals surface area contributed by atoms with E-state index >= 15 is 0 Å². The molecule has 6 nitrogen and oxygen atoms in total. The second-order valence-electron chi connectivity index (χ2n) is 7.47. The van der Waals surface area contributed by atoms with Crippen molar-refractivity contribution in [2.24, 2.45) is 0 Å². The summed E-state index contributed by atoms with van der Waals surface area (Å²) in [5, 5.41) is 13.2. The summed E-state index contributed by atoms with van der Waals surface area (Å²) in [6, 6.07) is 2.39. The van der Waals surface area contributed by atoms with Gasteiger partial charge in [0.05, 0.1) is 44.1 Å². The van der Waals surface area contributed by atoms with E-state index in [9.17, 15) is 5.26 Å². The van der Waals surface area contributed by atoms with Gasteiger partial charge in [0, 0.05) is 17.7 Å². The van der Waals surface area contributed by atoms with Gasteiger partial charge in [-0.1, -0.05) is 6.92 Å². The van der Waals surface area contributed by atoms with Crippen molar-refractivity contribution in [3.63, 3.8) is 0 Å². The molecule has 3 rings (SSSR count). The van der Waals surface area contributed by atoms with E-state index in [0.29, 0.717) is 12.2 Å². The highest BCUT2D eigenvalue weighted by Gasteiger charge is 2.31. The third kappa shape index (κ3) is 4.12. The molecule has 0 radical (unpaired) electrons. The lowest BCUT2D eigenvalue weighted by molar-refractivity contribution is -0.906. The van der Waals surface area contributed by atoms with E-state index < -0.39 is 0 Å². The number of hydrogen-bond acceptors (Lipinski definition) is 5. The lowest BCUT2D eigenvalue weighted by Gasteiger charge is -2.33. The van der Waals surface area contributed by atoms with Gasteiger partial charge < -0.3 is 19.7 Å². The number of nitriles is 1. The molecule has 0 spiro atoms. The number of anilines is 1. The van der Waals surface area contributed by atoms with Gasteiger partial charge in [-0.3, -0.25) is 0 Å². The molecule has 0 aromatic carbocycles. The first-order chi connectivity index (χ1) is 12.0. The van der Waals surface area contributed by atoms with Gasteiger partial charge >= 0.3 is 0 Å². The van der Waals surface area contributed by atoms with E-state index in [-0.39, 0.29) is 5.60 Å². The number of fused-ring (bicyclic) bond motifs is 1. The predicted molar refractivity (Wildman–Crippen MR) is 95.8 cm³/mol. The molecule has 25 heavy (non-hydrogen) atoms. The van der Waals surface area contributed by atoms with Gasteiger partial charge in [-0.15, -0.1) is 0 Å². The van der Waals surface area contributed by atoms with Crippen LogP contribution in [0.4, 0.5) is 5.82 Å². The van der Waals surface area contributed by atoms with E-state index in [1.54, 1.807) is 4.90 Å². The Morgan fingerprint density at radius 2 is 2.04 bits per heavy atom. The number of rotatable bonds is 5. The molecule has 1 aromatic rings. The molecule has 6 heteroatoms. The van der Waals surface area contributed by atoms with Gasteiger partial charge in [-0.2, -0.15) is 5.26 Å². The lowest BCUT2D eigenvalue weighted by Crippen LogP contribution is -3.14. The Balaban J connectivity index is 1.80. The second kappa shape index (κ2) is 7.69. The molecule has 2 N–H and O–H groups in total. The van der Waals surface area contributed by atoms with Crippen molar-refractivity contribution in [3.8, 4) is 6.07 Å². The van der Waals surface area contributed by atoms with Crippen molar-refractivity contribution in [3.05, 3.63) is 22.4 Å². The van der Waals surface area contributed by atoms with Crippen molar-refractivity contribution in [1.29, 1.82) is 5.26 Å². The number of quaternary nitrogens is 1. The summed E-state index contributed by atoms with van der Waals surface area (Å²) >= 11 is 0. The fourth-order valence-electron chi connectivity index (χ4n) is 3.64. The molecule has 0 atom stereocenters. The van der Waals surface area contributed by atoms with Crippen molar-refractivity contribution >= 4 is 5.82 Å². The van der Waals surface area contributed by atoms with E-state index in [2.05, 4.69) is 32.2 Å². The van der Waals surface area contributed by atoms with Crippen LogP contribution in [0.25, 0.3) is 0 Å². The molecule has 0 unspecified atom stereocenters. The first-order valence-electron chi connectivity index (χ1n) is 9.28. The molecule has 1 fully saturated rings. The minimum Gasteiger partial charge on any atom is -0.370 e. The molecule has 2 aliphatic heterocycles. The predicted octanol–water partition coefficient (Wildman–Crippen LogP) is 0.694. The number of pyridine rings is 1. The van der Waals surface area contributed by atoms with Crippen LogP contribution in [0.2, 0.25) is 0 Å². The molecular formula is C19H29N4O2+. The minimum absolute atomic E-state index is 0.236. The number of nitrogens with zero attached hydrogens (tertiary/aromatic N) is 2. The number of nitrogens with one attached hydrogen (secondary N) is 2. The summed E-state index contributed by atoms with van der Waals surface area (Å²) in [6.45, 7) is 12.4. The molecule has 1 saturated heterocycles. The minimum atomic E-state index is -0.236. The van der Waals surface area contributed by atoms with Gasteiger partial charge in [0.2, 0.25) is 0 Å². The SMILES string of the molecule is CCc1nc(NCC[NH+]2CCOCC2)c(C#N)c2c1COC(C)(C)C2. The fourth-order valence-corrected chi connectivity index (χ4v) is 3.64. The molecule has 1 aromatic heterocycles. The maximum Gasteiger partial charge on any atom is 0.144 e. The molecule has 2 aliphatic rings. The Labute approximate surface area is 150 Å². The number of hydrogen-bond donors (Lipinski definition) is 2. The van der Waals surface area contributed by atoms with Gasteiger partial charge in [0.1, 0.15) is 25.0 Å². The summed E-state index contributed by atoms with van der Waals surface area (Å²) in [5.41, 5.74) is 3.74. The molecule has 0 amide bonds. The lowest BCUT2D eigenvalue weighted by atomic mass is 9.87. The molecule has 0 bridgehead atoms. The second-order valence-corrected chi connectivity index (χ2v) is 7.47. The van der Waals surface area contributed by atoms with Crippen LogP contribution >= 0.6 is 0 Å². The normalized spacial score (nSPS) is 19.9. The summed E-state index contributed by atoms with van der Waals surface area (Å²) in [5.74, 6) is 0.739. The highest BCUT2D eigenvalue weighted by molar-refractivity contribution is 5.60. The van der Waals surface area contributed by atoms with Crippen LogP contribution in [0.1, 0.15) is 43.2 Å². The molecule has 3 heterocycles. The zero-order valence-corrected chi connectivity index (χ0v) is 15.6. The van der Waals surface area contributed by atoms with Crippen LogP contribution in [0.15, 0.2) is 0 Å². The molecule has 136 valence electrons. The summed E-state index contributed by atoms with van der Waals surface area (Å²) in [4.78, 5) is 6.30. The van der Waals surface area contributed by atoms with Gasteiger partial charge in [-0.25, -0.2) is 4.98 Å². The smallest absolute Gasteiger partial charge is 0.144 e. The van der Waals surface area contributed by atoms with Crippen LogP contribution in [0, 0.1) is 11.3 Å². The largest absolute Gasteiger partial charge is 0.370 e. The van der Waals surface area contributed by atoms with Gasteiger partial charge in [-0.05, 0) is 25.8 Å². The Kier molecular flexibility index (Phi) is 5.57. The number of ether oxygens (including phenoxy) is 2. The van der Waals surface area contributed by atoms with E-state index in [1.165, 1.54) is 0 Å². The van der Waals surface area contributed by atoms with Crippen LogP contribution < -0.4 is 10.2 Å². The Bertz CT molecular complexity index is 660. The highest BCUT2D eigenvalue weighted by atomic mass is 16.5. The summed E-state index contributed by atoms with van der Waals surface area (Å²) in [7, 11) is 0. The Hall–Kier alpha value is -1.68. The standard InChI is InChI=1S/C19H28N4O2/c1-4-17-16-13-25-19(2,3)11-14(16)15(12-20)18(22-17)21-5-6-23-7-9-24-10-8-23/h4-11,13H2,1-3H3,(H,21,22)/p+1. The highest BCUT2D eigenvalue weighted by Crippen LogP contribution is 2.34. The van der Waals surface area contributed by atoms with Crippen LogP contribution in [-0.4, -0.2) is 50.0 Å². The molecular weight excluding hydrogens is 316 g/mol. The maximum absolute atomic E-state index is 9.76. The Morgan fingerprint density at radius 3 is 2.72 bits per heavy atom. The van der Waals surface area contributed by atoms with Crippen LogP contribution in [-0.2, 0) is 28.9 Å². The van der Waals surface area contributed by atoms with Crippen molar-refractivity contribution < 1.29 is 14.4 Å². The van der Waals surface area contributed by atoms with Gasteiger partial charge in [0.25, 0.3) is 0 Å².